The highest BCUT2D eigenvalue weighted by atomic mass is 16.5. The summed E-state index contributed by atoms with van der Waals surface area (Å²) in [5.41, 5.74) is -0.233. The molecule has 2 aliphatic rings. The summed E-state index contributed by atoms with van der Waals surface area (Å²) in [5.74, 6) is 2.13. The van der Waals surface area contributed by atoms with Crippen molar-refractivity contribution in [2.75, 3.05) is 26.2 Å². The van der Waals surface area contributed by atoms with Crippen molar-refractivity contribution in [3.63, 3.8) is 0 Å². The number of aryl methyl sites for hydroxylation is 1. The molecule has 6 heteroatoms. The maximum Gasteiger partial charge on any atom is 0.229 e. The highest BCUT2D eigenvalue weighted by molar-refractivity contribution is 5.82. The summed E-state index contributed by atoms with van der Waals surface area (Å²) in [6.07, 6.45) is 5.07. The van der Waals surface area contributed by atoms with Crippen molar-refractivity contribution in [3.05, 3.63) is 11.7 Å². The van der Waals surface area contributed by atoms with E-state index in [0.717, 1.165) is 64.1 Å². The van der Waals surface area contributed by atoms with Crippen molar-refractivity contribution in [1.29, 1.82) is 0 Å². The molecule has 2 fully saturated rings. The van der Waals surface area contributed by atoms with Crippen LogP contribution in [0, 0.1) is 18.3 Å². The lowest BCUT2D eigenvalue weighted by Gasteiger charge is -2.40. The topological polar surface area (TPSA) is 71.3 Å². The van der Waals surface area contributed by atoms with Gasteiger partial charge in [-0.05, 0) is 45.1 Å². The lowest BCUT2D eigenvalue weighted by atomic mass is 9.80. The molecule has 2 aliphatic heterocycles. The minimum absolute atomic E-state index is 0.233. The van der Waals surface area contributed by atoms with Gasteiger partial charge >= 0.3 is 0 Å². The standard InChI is InChI=1S/C16H26N4O2/c1-12-18-14(19-22-12)9-13-5-3-8-20(10-13)15(21)16(2)6-4-7-17-11-16/h13,17H,3-11H2,1-2H3/t13-,16-/m1/s1. The molecule has 0 spiro atoms. The third-order valence-corrected chi connectivity index (χ3v) is 4.96. The Bertz CT molecular complexity index is 522. The van der Waals surface area contributed by atoms with E-state index >= 15 is 0 Å². The zero-order valence-corrected chi connectivity index (χ0v) is 13.6. The van der Waals surface area contributed by atoms with Crippen molar-refractivity contribution >= 4 is 5.91 Å². The summed E-state index contributed by atoms with van der Waals surface area (Å²) in [7, 11) is 0. The van der Waals surface area contributed by atoms with Gasteiger partial charge in [0.25, 0.3) is 0 Å². The molecule has 122 valence electrons. The fraction of sp³-hybridized carbons (Fsp3) is 0.812. The zero-order valence-electron chi connectivity index (χ0n) is 13.6. The molecule has 0 aliphatic carbocycles. The number of piperidine rings is 2. The number of likely N-dealkylation sites (tertiary alicyclic amines) is 1. The van der Waals surface area contributed by atoms with Crippen LogP contribution in [0.25, 0.3) is 0 Å². The first kappa shape index (κ1) is 15.5. The lowest BCUT2D eigenvalue weighted by Crippen LogP contribution is -2.52. The normalized spacial score (nSPS) is 29.5. The Morgan fingerprint density at radius 2 is 2.36 bits per heavy atom. The van der Waals surface area contributed by atoms with Gasteiger partial charge in [-0.15, -0.1) is 0 Å². The molecule has 1 N–H and O–H groups in total. The summed E-state index contributed by atoms with van der Waals surface area (Å²) in [4.78, 5) is 19.3. The molecule has 0 aromatic carbocycles. The number of rotatable bonds is 3. The van der Waals surface area contributed by atoms with E-state index in [1.807, 2.05) is 6.92 Å². The van der Waals surface area contributed by atoms with Gasteiger partial charge in [0.1, 0.15) is 0 Å². The van der Waals surface area contributed by atoms with Gasteiger partial charge in [0.15, 0.2) is 5.82 Å². The molecule has 0 unspecified atom stereocenters. The molecule has 1 aromatic rings. The Balaban J connectivity index is 1.61. The second kappa shape index (κ2) is 6.36. The summed E-state index contributed by atoms with van der Waals surface area (Å²) in [6, 6.07) is 0. The van der Waals surface area contributed by atoms with Crippen molar-refractivity contribution in [3.8, 4) is 0 Å². The van der Waals surface area contributed by atoms with Gasteiger partial charge < -0.3 is 14.7 Å². The van der Waals surface area contributed by atoms with E-state index in [0.29, 0.717) is 17.7 Å². The van der Waals surface area contributed by atoms with Gasteiger partial charge in [0.05, 0.1) is 5.41 Å². The number of nitrogens with zero attached hydrogens (tertiary/aromatic N) is 3. The maximum absolute atomic E-state index is 12.9. The molecule has 0 bridgehead atoms. The predicted octanol–water partition coefficient (Wildman–Crippen LogP) is 1.55. The molecule has 2 saturated heterocycles. The van der Waals surface area contributed by atoms with E-state index in [-0.39, 0.29) is 5.41 Å². The minimum Gasteiger partial charge on any atom is -0.342 e. The third-order valence-electron chi connectivity index (χ3n) is 4.96. The highest BCUT2D eigenvalue weighted by Gasteiger charge is 2.39. The SMILES string of the molecule is Cc1nc(C[C@H]2CCCN(C(=O)[C@]3(C)CCCNC3)C2)no1. The smallest absolute Gasteiger partial charge is 0.229 e. The van der Waals surface area contributed by atoms with Crippen LogP contribution in [0.2, 0.25) is 0 Å². The fourth-order valence-electron chi connectivity index (χ4n) is 3.72. The van der Waals surface area contributed by atoms with Crippen LogP contribution in [-0.2, 0) is 11.2 Å². The van der Waals surface area contributed by atoms with E-state index in [1.165, 1.54) is 0 Å². The van der Waals surface area contributed by atoms with Crippen LogP contribution in [0.5, 0.6) is 0 Å². The minimum atomic E-state index is -0.233. The second-order valence-electron chi connectivity index (χ2n) is 7.03. The Hall–Kier alpha value is -1.43. The van der Waals surface area contributed by atoms with E-state index < -0.39 is 0 Å². The largest absolute Gasteiger partial charge is 0.342 e. The number of carbonyl (C=O) groups is 1. The molecule has 22 heavy (non-hydrogen) atoms. The van der Waals surface area contributed by atoms with Crippen LogP contribution in [-0.4, -0.2) is 47.1 Å². The van der Waals surface area contributed by atoms with Gasteiger partial charge in [-0.25, -0.2) is 0 Å². The Kier molecular flexibility index (Phi) is 4.47. The van der Waals surface area contributed by atoms with Gasteiger partial charge in [0.2, 0.25) is 11.8 Å². The Labute approximate surface area is 131 Å². The average Bonchev–Trinajstić information content (AvgIpc) is 2.92. The van der Waals surface area contributed by atoms with Crippen molar-refractivity contribution in [2.24, 2.45) is 11.3 Å². The Morgan fingerprint density at radius 1 is 1.50 bits per heavy atom. The maximum atomic E-state index is 12.9. The molecule has 1 aromatic heterocycles. The average molecular weight is 306 g/mol. The molecule has 2 atom stereocenters. The predicted molar refractivity (Wildman–Crippen MR) is 82.3 cm³/mol. The zero-order chi connectivity index (χ0) is 15.6. The third kappa shape index (κ3) is 3.32. The fourth-order valence-corrected chi connectivity index (χ4v) is 3.72. The number of hydrogen-bond acceptors (Lipinski definition) is 5. The van der Waals surface area contributed by atoms with Crippen LogP contribution >= 0.6 is 0 Å². The van der Waals surface area contributed by atoms with Gasteiger partial charge in [-0.1, -0.05) is 5.16 Å². The number of amides is 1. The number of carbonyl (C=O) groups excluding carboxylic acids is 1. The molecule has 0 radical (unpaired) electrons. The van der Waals surface area contributed by atoms with E-state index in [4.69, 9.17) is 4.52 Å². The first-order valence-electron chi connectivity index (χ1n) is 8.36. The Morgan fingerprint density at radius 3 is 3.05 bits per heavy atom. The second-order valence-corrected chi connectivity index (χ2v) is 7.03. The number of aromatic nitrogens is 2. The van der Waals surface area contributed by atoms with E-state index in [2.05, 4.69) is 27.3 Å². The monoisotopic (exact) mass is 306 g/mol. The summed E-state index contributed by atoms with van der Waals surface area (Å²) in [6.45, 7) is 7.45. The highest BCUT2D eigenvalue weighted by Crippen LogP contribution is 2.30. The van der Waals surface area contributed by atoms with Crippen LogP contribution in [0.4, 0.5) is 0 Å². The lowest BCUT2D eigenvalue weighted by molar-refractivity contribution is -0.144. The van der Waals surface area contributed by atoms with Crippen LogP contribution in [0.15, 0.2) is 4.52 Å². The molecule has 1 amide bonds. The van der Waals surface area contributed by atoms with E-state index in [1.54, 1.807) is 0 Å². The molecular formula is C16H26N4O2. The van der Waals surface area contributed by atoms with Crippen LogP contribution < -0.4 is 5.32 Å². The van der Waals surface area contributed by atoms with Crippen molar-refractivity contribution in [1.82, 2.24) is 20.4 Å². The van der Waals surface area contributed by atoms with Crippen molar-refractivity contribution < 1.29 is 9.32 Å². The molecule has 3 heterocycles. The molecule has 6 nitrogen and oxygen atoms in total. The van der Waals surface area contributed by atoms with Gasteiger partial charge in [0, 0.05) is 33.0 Å². The molecule has 3 rings (SSSR count). The van der Waals surface area contributed by atoms with Gasteiger partial charge in [-0.2, -0.15) is 4.98 Å². The molecular weight excluding hydrogens is 280 g/mol. The quantitative estimate of drug-likeness (QED) is 0.917. The first-order chi connectivity index (χ1) is 10.6. The van der Waals surface area contributed by atoms with Gasteiger partial charge in [-0.3, -0.25) is 4.79 Å². The first-order valence-corrected chi connectivity index (χ1v) is 8.36. The number of hydrogen-bond donors (Lipinski definition) is 1. The van der Waals surface area contributed by atoms with Crippen molar-refractivity contribution in [2.45, 2.75) is 46.0 Å². The summed E-state index contributed by atoms with van der Waals surface area (Å²) < 4.78 is 5.04. The van der Waals surface area contributed by atoms with E-state index in [9.17, 15) is 4.79 Å². The summed E-state index contributed by atoms with van der Waals surface area (Å²) in [5, 5.41) is 7.35. The molecule has 0 saturated carbocycles. The number of nitrogens with one attached hydrogen (secondary N) is 1. The van der Waals surface area contributed by atoms with Crippen LogP contribution in [0.3, 0.4) is 0 Å². The summed E-state index contributed by atoms with van der Waals surface area (Å²) >= 11 is 0. The van der Waals surface area contributed by atoms with Crippen LogP contribution in [0.1, 0.15) is 44.3 Å².